The zero-order valence-corrected chi connectivity index (χ0v) is 13.4. The van der Waals surface area contributed by atoms with E-state index in [0.717, 1.165) is 12.8 Å². The highest BCUT2D eigenvalue weighted by Crippen LogP contribution is 2.29. The summed E-state index contributed by atoms with van der Waals surface area (Å²) < 4.78 is 27.3. The Morgan fingerprint density at radius 2 is 1.83 bits per heavy atom. The van der Waals surface area contributed by atoms with Gasteiger partial charge in [-0.15, -0.1) is 0 Å². The molecular formula is C16H16N2O4S. The topological polar surface area (TPSA) is 92.3 Å². The van der Waals surface area contributed by atoms with E-state index >= 15 is 0 Å². The largest absolute Gasteiger partial charge is 0.288 e. The molecule has 0 saturated carbocycles. The summed E-state index contributed by atoms with van der Waals surface area (Å²) in [6.07, 6.45) is 1.61. The Balaban J connectivity index is 2.16. The minimum absolute atomic E-state index is 0.0257. The summed E-state index contributed by atoms with van der Waals surface area (Å²) in [6.45, 7) is 2.31. The molecule has 0 unspecified atom stereocenters. The first-order valence-corrected chi connectivity index (χ1v) is 8.84. The molecule has 23 heavy (non-hydrogen) atoms. The molecule has 1 heterocycles. The van der Waals surface area contributed by atoms with Crippen LogP contribution in [-0.4, -0.2) is 26.8 Å². The third-order valence-corrected chi connectivity index (χ3v) is 5.24. The van der Waals surface area contributed by atoms with Crippen LogP contribution < -0.4 is 10.0 Å². The van der Waals surface area contributed by atoms with Crippen LogP contribution in [-0.2, 0) is 10.0 Å². The lowest BCUT2D eigenvalue weighted by Gasteiger charge is -2.18. The molecule has 0 saturated heterocycles. The Kier molecular flexibility index (Phi) is 3.91. The maximum atomic E-state index is 12.4. The van der Waals surface area contributed by atoms with Crippen LogP contribution in [0.3, 0.4) is 0 Å². The van der Waals surface area contributed by atoms with E-state index in [1.807, 2.05) is 6.92 Å². The predicted octanol–water partition coefficient (Wildman–Crippen LogP) is 1.80. The fourth-order valence-corrected chi connectivity index (χ4v) is 3.76. The van der Waals surface area contributed by atoms with Crippen molar-refractivity contribution >= 4 is 32.6 Å². The lowest BCUT2D eigenvalue weighted by atomic mass is 9.95. The van der Waals surface area contributed by atoms with Crippen molar-refractivity contribution < 1.29 is 18.0 Å². The first kappa shape index (κ1) is 15.6. The second-order valence-corrected chi connectivity index (χ2v) is 7.18. The molecule has 7 heteroatoms. The van der Waals surface area contributed by atoms with Gasteiger partial charge >= 0.3 is 0 Å². The molecule has 2 aromatic carbocycles. The molecule has 2 amide bonds. The van der Waals surface area contributed by atoms with E-state index < -0.39 is 21.8 Å². The van der Waals surface area contributed by atoms with Gasteiger partial charge in [0.05, 0.1) is 4.90 Å². The Labute approximate surface area is 133 Å². The number of carbonyl (C=O) groups excluding carboxylic acids is 2. The van der Waals surface area contributed by atoms with Gasteiger partial charge < -0.3 is 0 Å². The average molecular weight is 332 g/mol. The summed E-state index contributed by atoms with van der Waals surface area (Å²) in [6, 6.07) is 7.78. The van der Waals surface area contributed by atoms with Crippen LogP contribution in [0.15, 0.2) is 35.2 Å². The van der Waals surface area contributed by atoms with Crippen molar-refractivity contribution in [2.75, 3.05) is 6.54 Å². The standard InChI is InChI=1S/C16H16N2O4S/c1-2-3-7-17-23(21,22)11-8-10-5-4-6-12-14(10)13(9-11)16(20)18-15(12)19/h4-6,8-9,17H,2-3,7H2,1H3,(H,18,19,20). The van der Waals surface area contributed by atoms with E-state index in [1.54, 1.807) is 18.2 Å². The summed E-state index contributed by atoms with van der Waals surface area (Å²) in [7, 11) is -3.70. The maximum absolute atomic E-state index is 12.4. The summed E-state index contributed by atoms with van der Waals surface area (Å²) in [5, 5.41) is 3.28. The number of rotatable bonds is 5. The first-order valence-electron chi connectivity index (χ1n) is 7.36. The third kappa shape index (κ3) is 2.73. The Hall–Kier alpha value is -2.25. The highest BCUT2D eigenvalue weighted by Gasteiger charge is 2.27. The second-order valence-electron chi connectivity index (χ2n) is 5.41. The van der Waals surface area contributed by atoms with E-state index in [-0.39, 0.29) is 10.5 Å². The highest BCUT2D eigenvalue weighted by molar-refractivity contribution is 7.89. The normalized spacial score (nSPS) is 14.1. The number of hydrogen-bond donors (Lipinski definition) is 2. The molecule has 0 bridgehead atoms. The minimum atomic E-state index is -3.70. The smallest absolute Gasteiger partial charge is 0.258 e. The molecule has 0 aromatic heterocycles. The van der Waals surface area contributed by atoms with Gasteiger partial charge in [0.25, 0.3) is 11.8 Å². The van der Waals surface area contributed by atoms with Crippen LogP contribution in [0.25, 0.3) is 10.8 Å². The monoisotopic (exact) mass is 332 g/mol. The molecule has 2 N–H and O–H groups in total. The van der Waals surface area contributed by atoms with Gasteiger partial charge in [0.1, 0.15) is 0 Å². The molecule has 0 radical (unpaired) electrons. The van der Waals surface area contributed by atoms with Crippen LogP contribution in [0.4, 0.5) is 0 Å². The lowest BCUT2D eigenvalue weighted by molar-refractivity contribution is 0.0845. The number of nitrogens with one attached hydrogen (secondary N) is 2. The molecule has 0 atom stereocenters. The van der Waals surface area contributed by atoms with Crippen molar-refractivity contribution in [1.82, 2.24) is 10.0 Å². The third-order valence-electron chi connectivity index (χ3n) is 3.80. The molecule has 0 spiro atoms. The van der Waals surface area contributed by atoms with E-state index in [4.69, 9.17) is 0 Å². The number of imide groups is 1. The molecule has 2 aromatic rings. The van der Waals surface area contributed by atoms with Crippen molar-refractivity contribution in [3.63, 3.8) is 0 Å². The van der Waals surface area contributed by atoms with E-state index in [2.05, 4.69) is 10.0 Å². The average Bonchev–Trinajstić information content (AvgIpc) is 2.52. The molecule has 1 aliphatic rings. The van der Waals surface area contributed by atoms with Gasteiger partial charge in [0.15, 0.2) is 0 Å². The van der Waals surface area contributed by atoms with Gasteiger partial charge in [-0.3, -0.25) is 14.9 Å². The number of unbranched alkanes of at least 4 members (excludes halogenated alkanes) is 1. The predicted molar refractivity (Wildman–Crippen MR) is 85.8 cm³/mol. The zero-order chi connectivity index (χ0) is 16.6. The van der Waals surface area contributed by atoms with Crippen molar-refractivity contribution in [2.24, 2.45) is 0 Å². The van der Waals surface area contributed by atoms with Crippen molar-refractivity contribution in [3.8, 4) is 0 Å². The number of carbonyl (C=O) groups is 2. The molecule has 6 nitrogen and oxygen atoms in total. The fourth-order valence-electron chi connectivity index (χ4n) is 2.63. The second kappa shape index (κ2) is 5.75. The SMILES string of the molecule is CCCCNS(=O)(=O)c1cc2c3c(cccc3c1)C(=O)NC2=O. The lowest BCUT2D eigenvalue weighted by Crippen LogP contribution is -2.35. The van der Waals surface area contributed by atoms with Crippen LogP contribution in [0.1, 0.15) is 40.5 Å². The zero-order valence-electron chi connectivity index (χ0n) is 12.5. The van der Waals surface area contributed by atoms with Gasteiger partial charge in [-0.1, -0.05) is 25.5 Å². The van der Waals surface area contributed by atoms with Gasteiger partial charge in [-0.25, -0.2) is 13.1 Å². The van der Waals surface area contributed by atoms with Gasteiger partial charge in [-0.05, 0) is 30.0 Å². The van der Waals surface area contributed by atoms with Crippen molar-refractivity contribution in [2.45, 2.75) is 24.7 Å². The Morgan fingerprint density at radius 1 is 1.09 bits per heavy atom. The molecule has 120 valence electrons. The molecule has 0 fully saturated rings. The quantitative estimate of drug-likeness (QED) is 0.645. The van der Waals surface area contributed by atoms with Gasteiger partial charge in [0, 0.05) is 23.1 Å². The Morgan fingerprint density at radius 3 is 2.57 bits per heavy atom. The van der Waals surface area contributed by atoms with Crippen LogP contribution >= 0.6 is 0 Å². The molecular weight excluding hydrogens is 316 g/mol. The summed E-state index contributed by atoms with van der Waals surface area (Å²) in [4.78, 5) is 24.0. The number of hydrogen-bond acceptors (Lipinski definition) is 4. The fraction of sp³-hybridized carbons (Fsp3) is 0.250. The van der Waals surface area contributed by atoms with E-state index in [9.17, 15) is 18.0 Å². The molecule has 0 aliphatic carbocycles. The van der Waals surface area contributed by atoms with Crippen molar-refractivity contribution in [3.05, 3.63) is 41.5 Å². The van der Waals surface area contributed by atoms with E-state index in [1.165, 1.54) is 12.1 Å². The van der Waals surface area contributed by atoms with Crippen LogP contribution in [0.5, 0.6) is 0 Å². The van der Waals surface area contributed by atoms with Crippen molar-refractivity contribution in [1.29, 1.82) is 0 Å². The number of sulfonamides is 1. The van der Waals surface area contributed by atoms with Crippen LogP contribution in [0.2, 0.25) is 0 Å². The summed E-state index contributed by atoms with van der Waals surface area (Å²) >= 11 is 0. The number of benzene rings is 2. The first-order chi connectivity index (χ1) is 10.9. The Bertz CT molecular complexity index is 919. The maximum Gasteiger partial charge on any atom is 0.258 e. The summed E-state index contributed by atoms with van der Waals surface area (Å²) in [5.74, 6) is -1.05. The van der Waals surface area contributed by atoms with E-state index in [0.29, 0.717) is 22.9 Å². The minimum Gasteiger partial charge on any atom is -0.288 e. The van der Waals surface area contributed by atoms with Gasteiger partial charge in [0.2, 0.25) is 10.0 Å². The molecule has 1 aliphatic heterocycles. The van der Waals surface area contributed by atoms with Crippen LogP contribution in [0, 0.1) is 0 Å². The van der Waals surface area contributed by atoms with Gasteiger partial charge in [-0.2, -0.15) is 0 Å². The summed E-state index contributed by atoms with van der Waals surface area (Å²) in [5.41, 5.74) is 0.577. The number of amides is 2. The highest BCUT2D eigenvalue weighted by atomic mass is 32.2. The molecule has 3 rings (SSSR count).